The third-order valence-electron chi connectivity index (χ3n) is 0. The van der Waals surface area contributed by atoms with Crippen molar-refractivity contribution < 1.29 is 44.0 Å². The van der Waals surface area contributed by atoms with Gasteiger partial charge in [0, 0.05) is 0 Å². The SMILES string of the molecule is NS(=O)(=O)O.[H-].[Na+]. The van der Waals surface area contributed by atoms with Crippen molar-refractivity contribution in [2.45, 2.75) is 0 Å². The first-order valence-corrected chi connectivity index (χ1v) is 2.25. The molecule has 0 unspecified atom stereocenters. The van der Waals surface area contributed by atoms with Crippen LogP contribution in [0.3, 0.4) is 0 Å². The van der Waals surface area contributed by atoms with E-state index in [-0.39, 0.29) is 31.0 Å². The Labute approximate surface area is 59.4 Å². The molecule has 0 bridgehead atoms. The largest absolute Gasteiger partial charge is 1.00 e. The second-order valence-electron chi connectivity index (χ2n) is 0.515. The molecule has 4 nitrogen and oxygen atoms in total. The number of nitrogens with two attached hydrogens (primary N) is 1. The van der Waals surface area contributed by atoms with E-state index in [1.165, 1.54) is 0 Å². The Kier molecular flexibility index (Phi) is 4.91. The van der Waals surface area contributed by atoms with Crippen LogP contribution in [-0.4, -0.2) is 13.0 Å². The zero-order valence-corrected chi connectivity index (χ0v) is 6.07. The van der Waals surface area contributed by atoms with Crippen LogP contribution in [0.5, 0.6) is 0 Å². The van der Waals surface area contributed by atoms with Gasteiger partial charge < -0.3 is 1.43 Å². The zero-order valence-electron chi connectivity index (χ0n) is 4.25. The summed E-state index contributed by atoms with van der Waals surface area (Å²) >= 11 is 0. The van der Waals surface area contributed by atoms with E-state index in [2.05, 4.69) is 5.14 Å². The Bertz CT molecular complexity index is 98.1. The summed E-state index contributed by atoms with van der Waals surface area (Å²) in [6.07, 6.45) is 0. The van der Waals surface area contributed by atoms with Gasteiger partial charge in [0.25, 0.3) is 0 Å². The van der Waals surface area contributed by atoms with Gasteiger partial charge in [-0.25, -0.2) is 5.14 Å². The fourth-order valence-electron chi connectivity index (χ4n) is 0. The van der Waals surface area contributed by atoms with Gasteiger partial charge in [0.15, 0.2) is 0 Å². The van der Waals surface area contributed by atoms with Gasteiger partial charge in [-0.3, -0.25) is 4.55 Å². The summed E-state index contributed by atoms with van der Waals surface area (Å²) in [7, 11) is -4.17. The maximum atomic E-state index is 8.97. The first-order chi connectivity index (χ1) is 2.00. The molecular weight excluding hydrogens is 117 g/mol. The normalized spacial score (nSPS) is 9.67. The summed E-state index contributed by atoms with van der Waals surface area (Å²) in [5, 5.41) is 3.88. The molecule has 0 saturated heterocycles. The van der Waals surface area contributed by atoms with E-state index in [0.717, 1.165) is 0 Å². The molecular formula is H4NNaO3S. The van der Waals surface area contributed by atoms with Gasteiger partial charge in [0.2, 0.25) is 0 Å². The second-order valence-corrected chi connectivity index (χ2v) is 1.54. The van der Waals surface area contributed by atoms with Crippen molar-refractivity contribution >= 4 is 10.3 Å². The average Bonchev–Trinajstić information content (AvgIpc) is 0.722. The van der Waals surface area contributed by atoms with E-state index in [1.54, 1.807) is 0 Å². The summed E-state index contributed by atoms with van der Waals surface area (Å²) in [5.74, 6) is 0. The Hall–Kier alpha value is 0.870. The van der Waals surface area contributed by atoms with E-state index in [4.69, 9.17) is 13.0 Å². The fraction of sp³-hybridized carbons (Fsp3) is 0. The minimum Gasteiger partial charge on any atom is -1.00 e. The van der Waals surface area contributed by atoms with Crippen LogP contribution in [0.2, 0.25) is 0 Å². The molecule has 0 fully saturated rings. The number of hydrogen-bond donors (Lipinski definition) is 2. The Morgan fingerprint density at radius 2 is 1.67 bits per heavy atom. The summed E-state index contributed by atoms with van der Waals surface area (Å²) in [4.78, 5) is 0. The first-order valence-electron chi connectivity index (χ1n) is 0.752. The average molecular weight is 121 g/mol. The van der Waals surface area contributed by atoms with Crippen LogP contribution >= 0.6 is 0 Å². The van der Waals surface area contributed by atoms with Crippen LogP contribution in [0, 0.1) is 0 Å². The molecule has 6 heteroatoms. The molecule has 0 amide bonds. The second kappa shape index (κ2) is 2.95. The molecule has 3 N–H and O–H groups in total. The van der Waals surface area contributed by atoms with Gasteiger partial charge in [0.1, 0.15) is 0 Å². The molecule has 0 aliphatic carbocycles. The number of hydrogen-bond acceptors (Lipinski definition) is 2. The van der Waals surface area contributed by atoms with Crippen LogP contribution in [0.25, 0.3) is 0 Å². The van der Waals surface area contributed by atoms with Gasteiger partial charge in [-0.1, -0.05) is 0 Å². The summed E-state index contributed by atoms with van der Waals surface area (Å²) in [6, 6.07) is 0. The van der Waals surface area contributed by atoms with Crippen molar-refractivity contribution in [1.29, 1.82) is 0 Å². The maximum Gasteiger partial charge on any atom is 1.00 e. The van der Waals surface area contributed by atoms with Gasteiger partial charge in [-0.15, -0.1) is 0 Å². The van der Waals surface area contributed by atoms with Gasteiger partial charge in [0.05, 0.1) is 0 Å². The Morgan fingerprint density at radius 1 is 1.67 bits per heavy atom. The van der Waals surface area contributed by atoms with E-state index >= 15 is 0 Å². The zero-order chi connectivity index (χ0) is 4.50. The summed E-state index contributed by atoms with van der Waals surface area (Å²) in [6.45, 7) is 0. The first kappa shape index (κ1) is 9.98. The van der Waals surface area contributed by atoms with Crippen molar-refractivity contribution in [3.05, 3.63) is 0 Å². The Morgan fingerprint density at radius 3 is 1.67 bits per heavy atom. The molecule has 0 heterocycles. The van der Waals surface area contributed by atoms with Crippen LogP contribution in [0.1, 0.15) is 1.43 Å². The monoisotopic (exact) mass is 121 g/mol. The molecule has 34 valence electrons. The van der Waals surface area contributed by atoms with E-state index in [9.17, 15) is 0 Å². The van der Waals surface area contributed by atoms with Crippen molar-refractivity contribution in [3.8, 4) is 0 Å². The topological polar surface area (TPSA) is 80.4 Å². The molecule has 6 heavy (non-hydrogen) atoms. The van der Waals surface area contributed by atoms with Crippen LogP contribution < -0.4 is 34.7 Å². The fourth-order valence-corrected chi connectivity index (χ4v) is 0. The molecule has 0 radical (unpaired) electrons. The third kappa shape index (κ3) is 96.4. The van der Waals surface area contributed by atoms with Gasteiger partial charge in [-0.05, 0) is 0 Å². The molecule has 0 aliphatic rings. The van der Waals surface area contributed by atoms with Crippen LogP contribution in [0.4, 0.5) is 0 Å². The Balaban J connectivity index is -0.0000000800. The molecule has 0 aromatic carbocycles. The molecule has 0 spiro atoms. The van der Waals surface area contributed by atoms with Crippen molar-refractivity contribution in [2.75, 3.05) is 0 Å². The predicted octanol–water partition coefficient (Wildman–Crippen LogP) is -4.14. The van der Waals surface area contributed by atoms with Gasteiger partial charge in [-0.2, -0.15) is 8.42 Å². The minimum atomic E-state index is -4.17. The predicted molar refractivity (Wildman–Crippen MR) is 16.8 cm³/mol. The number of rotatable bonds is 0. The van der Waals surface area contributed by atoms with Crippen molar-refractivity contribution in [1.82, 2.24) is 0 Å². The van der Waals surface area contributed by atoms with E-state index in [0.29, 0.717) is 0 Å². The quantitative estimate of drug-likeness (QED) is 0.252. The van der Waals surface area contributed by atoms with Crippen molar-refractivity contribution in [2.24, 2.45) is 5.14 Å². The van der Waals surface area contributed by atoms with Crippen LogP contribution in [0.15, 0.2) is 0 Å². The molecule has 0 atom stereocenters. The maximum absolute atomic E-state index is 8.97. The smallest absolute Gasteiger partial charge is 1.00 e. The van der Waals surface area contributed by atoms with Crippen molar-refractivity contribution in [3.63, 3.8) is 0 Å². The standard InChI is InChI=1S/H3NO3S.Na.H/c1-5(2,3)4;;/h(H3,1,2,3,4);;/q;+1;-1. The van der Waals surface area contributed by atoms with E-state index in [1.807, 2.05) is 0 Å². The molecule has 0 aromatic rings. The summed E-state index contributed by atoms with van der Waals surface area (Å²) in [5.41, 5.74) is 0. The third-order valence-corrected chi connectivity index (χ3v) is 0. The molecule has 0 saturated carbocycles. The molecule has 0 aromatic heterocycles. The molecule has 0 rings (SSSR count). The van der Waals surface area contributed by atoms with Crippen LogP contribution in [-0.2, 0) is 10.3 Å². The van der Waals surface area contributed by atoms with Gasteiger partial charge >= 0.3 is 39.9 Å². The molecule has 0 aliphatic heterocycles. The summed E-state index contributed by atoms with van der Waals surface area (Å²) < 4.78 is 25.2. The van der Waals surface area contributed by atoms with E-state index < -0.39 is 10.3 Å². The minimum absolute atomic E-state index is 0.